The van der Waals surface area contributed by atoms with Crippen LogP contribution in [0.15, 0.2) is 42.5 Å². The van der Waals surface area contributed by atoms with E-state index in [1.165, 1.54) is 0 Å². The van der Waals surface area contributed by atoms with Crippen LogP contribution in [0.5, 0.6) is 11.5 Å². The van der Waals surface area contributed by atoms with Crippen molar-refractivity contribution in [1.82, 2.24) is 4.90 Å². The van der Waals surface area contributed by atoms with E-state index in [9.17, 15) is 9.90 Å². The van der Waals surface area contributed by atoms with Gasteiger partial charge in [0.15, 0.2) is 11.5 Å². The molecule has 2 aromatic rings. The Kier molecular flexibility index (Phi) is 4.74. The Balaban J connectivity index is 1.69. The number of aliphatic carboxylic acids is 1. The van der Waals surface area contributed by atoms with Crippen LogP contribution in [0.3, 0.4) is 0 Å². The van der Waals surface area contributed by atoms with E-state index in [0.29, 0.717) is 31.0 Å². The minimum Gasteiger partial charge on any atom is -0.481 e. The zero-order valence-corrected chi connectivity index (χ0v) is 15.0. The van der Waals surface area contributed by atoms with E-state index in [4.69, 9.17) is 21.1 Å². The molecule has 5 nitrogen and oxygen atoms in total. The van der Waals surface area contributed by atoms with Crippen LogP contribution in [0.1, 0.15) is 30.0 Å². The number of benzene rings is 2. The number of rotatable bonds is 4. The van der Waals surface area contributed by atoms with Gasteiger partial charge in [-0.3, -0.25) is 9.69 Å². The van der Waals surface area contributed by atoms with Crippen LogP contribution in [0, 0.1) is 5.92 Å². The summed E-state index contributed by atoms with van der Waals surface area (Å²) in [4.78, 5) is 13.6. The topological polar surface area (TPSA) is 59.0 Å². The number of hydrogen-bond donors (Lipinski definition) is 1. The predicted octanol–water partition coefficient (Wildman–Crippen LogP) is 3.95. The lowest BCUT2D eigenvalue weighted by atomic mass is 9.91. The lowest BCUT2D eigenvalue weighted by molar-refractivity contribution is -0.143. The van der Waals surface area contributed by atoms with Crippen LogP contribution < -0.4 is 9.47 Å². The Morgan fingerprint density at radius 2 is 1.85 bits per heavy atom. The van der Waals surface area contributed by atoms with Crippen molar-refractivity contribution in [2.24, 2.45) is 5.92 Å². The standard InChI is InChI=1S/C20H20ClNO4/c21-16-4-2-1-3-15(16)19(22-9-7-13(8-10-22)20(23)24)14-5-6-17-18(11-14)26-12-25-17/h1-6,11,13,19H,7-10,12H2,(H,23,24). The molecule has 136 valence electrons. The lowest BCUT2D eigenvalue weighted by Gasteiger charge is -2.37. The molecule has 1 N–H and O–H groups in total. The normalized spacial score (nSPS) is 18.7. The third-order valence-electron chi connectivity index (χ3n) is 5.16. The minimum absolute atomic E-state index is 0.0482. The second kappa shape index (κ2) is 7.17. The van der Waals surface area contributed by atoms with Crippen LogP contribution in [-0.4, -0.2) is 35.9 Å². The molecule has 0 amide bonds. The van der Waals surface area contributed by atoms with Gasteiger partial charge in [0.05, 0.1) is 12.0 Å². The van der Waals surface area contributed by atoms with E-state index in [1.54, 1.807) is 0 Å². The summed E-state index contributed by atoms with van der Waals surface area (Å²) in [6.45, 7) is 1.65. The first kappa shape index (κ1) is 17.2. The molecule has 1 saturated heterocycles. The van der Waals surface area contributed by atoms with Crippen LogP contribution in [-0.2, 0) is 4.79 Å². The van der Waals surface area contributed by atoms with Gasteiger partial charge in [0.1, 0.15) is 0 Å². The van der Waals surface area contributed by atoms with Crippen LogP contribution >= 0.6 is 11.6 Å². The quantitative estimate of drug-likeness (QED) is 0.879. The molecule has 2 heterocycles. The Labute approximate surface area is 157 Å². The predicted molar refractivity (Wildman–Crippen MR) is 97.8 cm³/mol. The van der Waals surface area contributed by atoms with Crippen molar-refractivity contribution >= 4 is 17.6 Å². The van der Waals surface area contributed by atoms with Gasteiger partial charge in [-0.05, 0) is 55.3 Å². The molecule has 0 radical (unpaired) electrons. The maximum Gasteiger partial charge on any atom is 0.306 e. The van der Waals surface area contributed by atoms with Crippen molar-refractivity contribution in [3.8, 4) is 11.5 Å². The zero-order chi connectivity index (χ0) is 18.1. The second-order valence-corrected chi connectivity index (χ2v) is 7.09. The van der Waals surface area contributed by atoms with Gasteiger partial charge >= 0.3 is 5.97 Å². The van der Waals surface area contributed by atoms with Crippen molar-refractivity contribution in [2.75, 3.05) is 19.9 Å². The summed E-state index contributed by atoms with van der Waals surface area (Å²) in [6.07, 6.45) is 1.28. The summed E-state index contributed by atoms with van der Waals surface area (Å²) in [7, 11) is 0. The van der Waals surface area contributed by atoms with Gasteiger partial charge in [0.25, 0.3) is 0 Å². The number of nitrogens with zero attached hydrogens (tertiary/aromatic N) is 1. The highest BCUT2D eigenvalue weighted by atomic mass is 35.5. The number of fused-ring (bicyclic) bond motifs is 1. The SMILES string of the molecule is O=C(O)C1CCN(C(c2ccc3c(c2)OCO3)c2ccccc2Cl)CC1. The fraction of sp³-hybridized carbons (Fsp3) is 0.350. The largest absolute Gasteiger partial charge is 0.481 e. The van der Waals surface area contributed by atoms with Gasteiger partial charge in [-0.2, -0.15) is 0 Å². The highest BCUT2D eigenvalue weighted by molar-refractivity contribution is 6.31. The molecular formula is C20H20ClNO4. The molecular weight excluding hydrogens is 354 g/mol. The summed E-state index contributed by atoms with van der Waals surface area (Å²) < 4.78 is 11.0. The molecule has 0 aromatic heterocycles. The highest BCUT2D eigenvalue weighted by Crippen LogP contribution is 2.40. The number of halogens is 1. The third-order valence-corrected chi connectivity index (χ3v) is 5.50. The minimum atomic E-state index is -0.706. The molecule has 0 saturated carbocycles. The number of carboxylic acids is 1. The fourth-order valence-electron chi connectivity index (χ4n) is 3.77. The number of hydrogen-bond acceptors (Lipinski definition) is 4. The number of likely N-dealkylation sites (tertiary alicyclic amines) is 1. The van der Waals surface area contributed by atoms with Crippen molar-refractivity contribution in [3.05, 3.63) is 58.6 Å². The summed E-state index contributed by atoms with van der Waals surface area (Å²) in [5, 5.41) is 9.98. The van der Waals surface area contributed by atoms with Gasteiger partial charge in [-0.15, -0.1) is 0 Å². The number of piperidine rings is 1. The lowest BCUT2D eigenvalue weighted by Crippen LogP contribution is -2.39. The summed E-state index contributed by atoms with van der Waals surface area (Å²) in [6, 6.07) is 13.7. The monoisotopic (exact) mass is 373 g/mol. The zero-order valence-electron chi connectivity index (χ0n) is 14.2. The molecule has 2 aromatic carbocycles. The van der Waals surface area contributed by atoms with E-state index in [2.05, 4.69) is 4.90 Å². The molecule has 0 spiro atoms. The van der Waals surface area contributed by atoms with Gasteiger partial charge in [-0.25, -0.2) is 0 Å². The summed E-state index contributed by atoms with van der Waals surface area (Å²) >= 11 is 6.51. The van der Waals surface area contributed by atoms with E-state index < -0.39 is 5.97 Å². The molecule has 26 heavy (non-hydrogen) atoms. The molecule has 1 unspecified atom stereocenters. The van der Waals surface area contributed by atoms with Crippen molar-refractivity contribution in [2.45, 2.75) is 18.9 Å². The van der Waals surface area contributed by atoms with Crippen LogP contribution in [0.25, 0.3) is 0 Å². The summed E-state index contributed by atoms with van der Waals surface area (Å²) in [5.41, 5.74) is 2.08. The van der Waals surface area contributed by atoms with Gasteiger partial charge in [-0.1, -0.05) is 35.9 Å². The number of carboxylic acid groups (broad SMARTS) is 1. The van der Waals surface area contributed by atoms with E-state index in [0.717, 1.165) is 22.6 Å². The van der Waals surface area contributed by atoms with Crippen LogP contribution in [0.2, 0.25) is 5.02 Å². The summed E-state index contributed by atoms with van der Waals surface area (Å²) in [5.74, 6) is 0.508. The molecule has 2 aliphatic rings. The molecule has 0 bridgehead atoms. The number of carbonyl (C=O) groups is 1. The maximum atomic E-state index is 11.3. The first-order valence-corrected chi connectivity index (χ1v) is 9.12. The van der Waals surface area contributed by atoms with E-state index in [-0.39, 0.29) is 18.8 Å². The van der Waals surface area contributed by atoms with Crippen molar-refractivity contribution < 1.29 is 19.4 Å². The second-order valence-electron chi connectivity index (χ2n) is 6.69. The maximum absolute atomic E-state index is 11.3. The molecule has 6 heteroatoms. The fourth-order valence-corrected chi connectivity index (χ4v) is 4.01. The van der Waals surface area contributed by atoms with E-state index >= 15 is 0 Å². The Hall–Kier alpha value is -2.24. The molecule has 4 rings (SSSR count). The Morgan fingerprint density at radius 3 is 2.58 bits per heavy atom. The third kappa shape index (κ3) is 3.24. The van der Waals surface area contributed by atoms with Crippen molar-refractivity contribution in [3.63, 3.8) is 0 Å². The van der Waals surface area contributed by atoms with E-state index in [1.807, 2.05) is 42.5 Å². The molecule has 1 fully saturated rings. The van der Waals surface area contributed by atoms with Gasteiger partial charge in [0, 0.05) is 5.02 Å². The molecule has 1 atom stereocenters. The Bertz CT molecular complexity index is 817. The number of ether oxygens (including phenoxy) is 2. The molecule has 0 aliphatic carbocycles. The smallest absolute Gasteiger partial charge is 0.306 e. The van der Waals surface area contributed by atoms with Crippen molar-refractivity contribution in [1.29, 1.82) is 0 Å². The molecule has 2 aliphatic heterocycles. The average Bonchev–Trinajstić information content (AvgIpc) is 3.12. The van der Waals surface area contributed by atoms with Gasteiger partial charge < -0.3 is 14.6 Å². The first-order valence-electron chi connectivity index (χ1n) is 8.74. The van der Waals surface area contributed by atoms with Gasteiger partial charge in [0.2, 0.25) is 6.79 Å². The van der Waals surface area contributed by atoms with Crippen LogP contribution in [0.4, 0.5) is 0 Å². The Morgan fingerprint density at radius 1 is 1.12 bits per heavy atom. The average molecular weight is 374 g/mol. The first-order chi connectivity index (χ1) is 12.6. The highest BCUT2D eigenvalue weighted by Gasteiger charge is 2.31.